The number of nitro benzene ring substituents is 1. The van der Waals surface area contributed by atoms with Crippen LogP contribution in [-0.2, 0) is 14.8 Å². The molecule has 0 aliphatic carbocycles. The van der Waals surface area contributed by atoms with E-state index in [1.54, 1.807) is 4.90 Å². The van der Waals surface area contributed by atoms with E-state index >= 15 is 0 Å². The van der Waals surface area contributed by atoms with Gasteiger partial charge in [-0.3, -0.25) is 14.9 Å². The Labute approximate surface area is 149 Å². The summed E-state index contributed by atoms with van der Waals surface area (Å²) in [5, 5.41) is 23.2. The number of rotatable bonds is 7. The summed E-state index contributed by atoms with van der Waals surface area (Å²) in [5.41, 5.74) is -0.265. The summed E-state index contributed by atoms with van der Waals surface area (Å²) < 4.78 is 26.8. The number of non-ortho nitro benzene ring substituents is 1. The van der Waals surface area contributed by atoms with Crippen molar-refractivity contribution in [2.24, 2.45) is 0 Å². The highest BCUT2D eigenvalue weighted by Crippen LogP contribution is 2.16. The molecule has 1 aliphatic rings. The predicted molar refractivity (Wildman–Crippen MR) is 91.6 cm³/mol. The van der Waals surface area contributed by atoms with Crippen molar-refractivity contribution in [1.29, 1.82) is 0 Å². The van der Waals surface area contributed by atoms with E-state index < -0.39 is 27.0 Å². The molecule has 2 rings (SSSR count). The Kier molecular flexibility index (Phi) is 5.87. The number of hydrogen-bond donors (Lipinski definition) is 3. The van der Waals surface area contributed by atoms with E-state index in [1.807, 2.05) is 0 Å². The van der Waals surface area contributed by atoms with Gasteiger partial charge in [0.15, 0.2) is 5.11 Å². The molecule has 0 amide bonds. The fourth-order valence-electron chi connectivity index (χ4n) is 2.24. The Bertz CT molecular complexity index is 780. The number of thiocarbonyl (C=S) groups is 1. The van der Waals surface area contributed by atoms with Gasteiger partial charge in [-0.1, -0.05) is 0 Å². The van der Waals surface area contributed by atoms with Crippen LogP contribution in [0.3, 0.4) is 0 Å². The van der Waals surface area contributed by atoms with Gasteiger partial charge in [-0.05, 0) is 30.8 Å². The molecule has 0 aromatic heterocycles. The molecule has 25 heavy (non-hydrogen) atoms. The number of benzene rings is 1. The van der Waals surface area contributed by atoms with Crippen LogP contribution in [-0.4, -0.2) is 60.1 Å². The second-order valence-electron chi connectivity index (χ2n) is 5.29. The summed E-state index contributed by atoms with van der Waals surface area (Å²) in [6.07, 6.45) is 0.752. The third kappa shape index (κ3) is 4.84. The zero-order valence-electron chi connectivity index (χ0n) is 12.9. The van der Waals surface area contributed by atoms with Crippen LogP contribution in [0, 0.1) is 10.1 Å². The van der Waals surface area contributed by atoms with Gasteiger partial charge in [0.2, 0.25) is 10.0 Å². The third-order valence-electron chi connectivity index (χ3n) is 3.52. The molecule has 1 saturated heterocycles. The average Bonchev–Trinajstić information content (AvgIpc) is 2.56. The van der Waals surface area contributed by atoms with Gasteiger partial charge in [-0.2, -0.15) is 4.72 Å². The highest BCUT2D eigenvalue weighted by atomic mass is 32.2. The first kappa shape index (κ1) is 19.0. The summed E-state index contributed by atoms with van der Waals surface area (Å²) in [6.45, 7) is 1.07. The first-order valence-corrected chi connectivity index (χ1v) is 9.12. The van der Waals surface area contributed by atoms with E-state index in [9.17, 15) is 28.4 Å². The Morgan fingerprint density at radius 2 is 2.08 bits per heavy atom. The Balaban J connectivity index is 2.15. The standard InChI is InChI=1S/C13H16N4O6S2/c18-12(19)11(8-16-7-1-6-14-13(16)24)15-25(22,23)10-4-2-9(3-5-10)17(20)21/h2-5,11,15H,1,6-8H2,(H,14,24)(H,18,19)/t11-/m0/s1. The molecule has 0 bridgehead atoms. The SMILES string of the molecule is O=C(O)[C@H](CN1CCCNC1=S)NS(=O)(=O)c1ccc([N+](=O)[O-])cc1. The summed E-state index contributed by atoms with van der Waals surface area (Å²) in [5.74, 6) is -1.35. The number of sulfonamides is 1. The number of nitrogens with zero attached hydrogens (tertiary/aromatic N) is 2. The maximum absolute atomic E-state index is 12.3. The fourth-order valence-corrected chi connectivity index (χ4v) is 3.69. The molecule has 1 aromatic rings. The normalized spacial score (nSPS) is 16.2. The van der Waals surface area contributed by atoms with E-state index in [1.165, 1.54) is 0 Å². The minimum absolute atomic E-state index is 0.132. The van der Waals surface area contributed by atoms with Crippen molar-refractivity contribution < 1.29 is 23.2 Å². The van der Waals surface area contributed by atoms with Gasteiger partial charge in [0.25, 0.3) is 5.69 Å². The molecule has 0 saturated carbocycles. The summed E-state index contributed by atoms with van der Waals surface area (Å²) in [4.78, 5) is 22.7. The van der Waals surface area contributed by atoms with Crippen LogP contribution in [0.1, 0.15) is 6.42 Å². The Morgan fingerprint density at radius 1 is 1.44 bits per heavy atom. The lowest BCUT2D eigenvalue weighted by Gasteiger charge is -2.32. The topological polar surface area (TPSA) is 142 Å². The second-order valence-corrected chi connectivity index (χ2v) is 7.40. The van der Waals surface area contributed by atoms with Gasteiger partial charge in [0.1, 0.15) is 6.04 Å². The first-order chi connectivity index (χ1) is 11.7. The van der Waals surface area contributed by atoms with Crippen molar-refractivity contribution >= 4 is 39.0 Å². The van der Waals surface area contributed by atoms with E-state index in [4.69, 9.17) is 12.2 Å². The van der Waals surface area contributed by atoms with E-state index in [2.05, 4.69) is 10.0 Å². The van der Waals surface area contributed by atoms with Crippen LogP contribution < -0.4 is 10.0 Å². The molecule has 136 valence electrons. The van der Waals surface area contributed by atoms with Crippen molar-refractivity contribution in [2.45, 2.75) is 17.4 Å². The number of nitro groups is 1. The van der Waals surface area contributed by atoms with Gasteiger partial charge in [-0.15, -0.1) is 0 Å². The number of carboxylic acids is 1. The van der Waals surface area contributed by atoms with Crippen molar-refractivity contribution in [3.8, 4) is 0 Å². The van der Waals surface area contributed by atoms with Crippen LogP contribution in [0.25, 0.3) is 0 Å². The Hall–Kier alpha value is -2.31. The largest absolute Gasteiger partial charge is 0.480 e. The molecule has 12 heteroatoms. The van der Waals surface area contributed by atoms with Crippen molar-refractivity contribution in [1.82, 2.24) is 14.9 Å². The van der Waals surface area contributed by atoms with Gasteiger partial charge in [-0.25, -0.2) is 8.42 Å². The summed E-state index contributed by atoms with van der Waals surface area (Å²) >= 11 is 5.09. The van der Waals surface area contributed by atoms with E-state index in [0.717, 1.165) is 30.7 Å². The number of nitrogens with one attached hydrogen (secondary N) is 2. The number of carbonyl (C=O) groups is 1. The average molecular weight is 388 g/mol. The maximum atomic E-state index is 12.3. The highest BCUT2D eigenvalue weighted by molar-refractivity contribution is 7.89. The van der Waals surface area contributed by atoms with E-state index in [-0.39, 0.29) is 17.1 Å². The lowest BCUT2D eigenvalue weighted by molar-refractivity contribution is -0.384. The van der Waals surface area contributed by atoms with Crippen LogP contribution >= 0.6 is 12.2 Å². The molecule has 1 heterocycles. The number of aliphatic carboxylic acids is 1. The summed E-state index contributed by atoms with van der Waals surface area (Å²) in [6, 6.07) is 2.75. The van der Waals surface area contributed by atoms with Crippen molar-refractivity contribution in [3.63, 3.8) is 0 Å². The molecule has 1 fully saturated rings. The lowest BCUT2D eigenvalue weighted by Crippen LogP contribution is -2.54. The van der Waals surface area contributed by atoms with Crippen LogP contribution in [0.15, 0.2) is 29.2 Å². The molecule has 0 unspecified atom stereocenters. The molecular weight excluding hydrogens is 372 g/mol. The van der Waals surface area contributed by atoms with Crippen LogP contribution in [0.2, 0.25) is 0 Å². The second kappa shape index (κ2) is 7.72. The fraction of sp³-hybridized carbons (Fsp3) is 0.385. The maximum Gasteiger partial charge on any atom is 0.323 e. The smallest absolute Gasteiger partial charge is 0.323 e. The van der Waals surface area contributed by atoms with Gasteiger partial charge in [0.05, 0.1) is 9.82 Å². The minimum atomic E-state index is -4.16. The zero-order chi connectivity index (χ0) is 18.6. The Morgan fingerprint density at radius 3 is 2.60 bits per heavy atom. The van der Waals surface area contributed by atoms with Crippen molar-refractivity contribution in [3.05, 3.63) is 34.4 Å². The summed E-state index contributed by atoms with van der Waals surface area (Å²) in [7, 11) is -4.16. The minimum Gasteiger partial charge on any atom is -0.480 e. The third-order valence-corrected chi connectivity index (χ3v) is 5.41. The quantitative estimate of drug-likeness (QED) is 0.332. The zero-order valence-corrected chi connectivity index (χ0v) is 14.5. The van der Waals surface area contributed by atoms with Crippen molar-refractivity contribution in [2.75, 3.05) is 19.6 Å². The molecular formula is C13H16N4O6S2. The van der Waals surface area contributed by atoms with Gasteiger partial charge < -0.3 is 15.3 Å². The predicted octanol–water partition coefficient (Wildman–Crippen LogP) is -0.0935. The van der Waals surface area contributed by atoms with Crippen LogP contribution in [0.4, 0.5) is 5.69 Å². The number of hydrogen-bond acceptors (Lipinski definition) is 6. The molecule has 0 radical (unpaired) electrons. The molecule has 1 atom stereocenters. The molecule has 1 aromatic carbocycles. The monoisotopic (exact) mass is 388 g/mol. The molecule has 3 N–H and O–H groups in total. The van der Waals surface area contributed by atoms with Gasteiger partial charge in [0, 0.05) is 31.8 Å². The molecule has 0 spiro atoms. The lowest BCUT2D eigenvalue weighted by atomic mass is 10.2. The van der Waals surface area contributed by atoms with Gasteiger partial charge >= 0.3 is 5.97 Å². The molecule has 10 nitrogen and oxygen atoms in total. The highest BCUT2D eigenvalue weighted by Gasteiger charge is 2.29. The molecule has 1 aliphatic heterocycles. The van der Waals surface area contributed by atoms with Crippen LogP contribution in [0.5, 0.6) is 0 Å². The first-order valence-electron chi connectivity index (χ1n) is 7.23. The van der Waals surface area contributed by atoms with E-state index in [0.29, 0.717) is 18.2 Å². The number of carboxylic acid groups (broad SMARTS) is 1.